The summed E-state index contributed by atoms with van der Waals surface area (Å²) >= 11 is 1.71. The van der Waals surface area contributed by atoms with Crippen molar-refractivity contribution in [3.63, 3.8) is 0 Å². The minimum Gasteiger partial charge on any atom is -0.492 e. The van der Waals surface area contributed by atoms with Crippen LogP contribution in [-0.2, 0) is 4.79 Å². The average Bonchev–Trinajstić information content (AvgIpc) is 2.89. The van der Waals surface area contributed by atoms with Crippen LogP contribution in [0.3, 0.4) is 0 Å². The lowest BCUT2D eigenvalue weighted by molar-refractivity contribution is -0.141. The molecular weight excluding hydrogens is 298 g/mol. The summed E-state index contributed by atoms with van der Waals surface area (Å²) in [6, 6.07) is 8.01. The first-order valence-corrected chi connectivity index (χ1v) is 7.63. The standard InChI is InChI=1S/C14H19NO3S.ClH/c1-19-13-4-2-12(3-5-13)18-9-8-15-7-6-11(10-15)14(16)17;/h2-5,11H,6-10H2,1H3,(H,16,17);1H. The van der Waals surface area contributed by atoms with Crippen molar-refractivity contribution in [2.24, 2.45) is 5.92 Å². The van der Waals surface area contributed by atoms with E-state index in [1.807, 2.05) is 30.5 Å². The molecule has 112 valence electrons. The normalized spacial score (nSPS) is 18.6. The van der Waals surface area contributed by atoms with Gasteiger partial charge in [-0.3, -0.25) is 9.69 Å². The van der Waals surface area contributed by atoms with Gasteiger partial charge in [0.2, 0.25) is 0 Å². The lowest BCUT2D eigenvalue weighted by Crippen LogP contribution is -2.27. The lowest BCUT2D eigenvalue weighted by Gasteiger charge is -2.15. The zero-order valence-electron chi connectivity index (χ0n) is 11.4. The molecule has 0 radical (unpaired) electrons. The van der Waals surface area contributed by atoms with Crippen LogP contribution in [-0.4, -0.2) is 48.5 Å². The second-order valence-electron chi connectivity index (χ2n) is 4.65. The van der Waals surface area contributed by atoms with Gasteiger partial charge in [-0.2, -0.15) is 0 Å². The molecule has 0 amide bonds. The Kier molecular flexibility index (Phi) is 7.19. The van der Waals surface area contributed by atoms with Crippen molar-refractivity contribution >= 4 is 30.1 Å². The van der Waals surface area contributed by atoms with Crippen molar-refractivity contribution in [2.75, 3.05) is 32.5 Å². The third kappa shape index (κ3) is 4.89. The monoisotopic (exact) mass is 317 g/mol. The number of hydrogen-bond acceptors (Lipinski definition) is 4. The molecule has 1 heterocycles. The van der Waals surface area contributed by atoms with Gasteiger partial charge in [0.15, 0.2) is 0 Å². The fourth-order valence-electron chi connectivity index (χ4n) is 2.20. The van der Waals surface area contributed by atoms with Crippen LogP contribution >= 0.6 is 24.2 Å². The summed E-state index contributed by atoms with van der Waals surface area (Å²) in [6.07, 6.45) is 2.79. The number of carboxylic acid groups (broad SMARTS) is 1. The number of nitrogens with zero attached hydrogens (tertiary/aromatic N) is 1. The van der Waals surface area contributed by atoms with E-state index >= 15 is 0 Å². The van der Waals surface area contributed by atoms with Crippen molar-refractivity contribution < 1.29 is 14.6 Å². The van der Waals surface area contributed by atoms with Crippen molar-refractivity contribution in [1.82, 2.24) is 4.90 Å². The van der Waals surface area contributed by atoms with Crippen molar-refractivity contribution in [2.45, 2.75) is 11.3 Å². The first kappa shape index (κ1) is 17.1. The lowest BCUT2D eigenvalue weighted by atomic mass is 10.1. The fourth-order valence-corrected chi connectivity index (χ4v) is 2.61. The van der Waals surface area contributed by atoms with E-state index in [1.165, 1.54) is 4.90 Å². The van der Waals surface area contributed by atoms with E-state index in [9.17, 15) is 4.79 Å². The highest BCUT2D eigenvalue weighted by Crippen LogP contribution is 2.19. The predicted molar refractivity (Wildman–Crippen MR) is 83.1 cm³/mol. The third-order valence-corrected chi connectivity index (χ3v) is 4.10. The number of carboxylic acids is 1. The molecule has 1 aliphatic rings. The fraction of sp³-hybridized carbons (Fsp3) is 0.500. The van der Waals surface area contributed by atoms with E-state index in [4.69, 9.17) is 9.84 Å². The number of rotatable bonds is 6. The highest BCUT2D eigenvalue weighted by molar-refractivity contribution is 7.98. The largest absolute Gasteiger partial charge is 0.492 e. The Labute approximate surface area is 129 Å². The summed E-state index contributed by atoms with van der Waals surface area (Å²) in [6.45, 7) is 2.88. The Morgan fingerprint density at radius 1 is 1.45 bits per heavy atom. The molecule has 0 aromatic heterocycles. The van der Waals surface area contributed by atoms with E-state index in [0.717, 1.165) is 25.3 Å². The van der Waals surface area contributed by atoms with Gasteiger partial charge in [-0.05, 0) is 43.5 Å². The molecule has 1 aliphatic heterocycles. The maximum atomic E-state index is 10.8. The molecule has 1 N–H and O–H groups in total. The van der Waals surface area contributed by atoms with Crippen LogP contribution < -0.4 is 4.74 Å². The van der Waals surface area contributed by atoms with Crippen LogP contribution in [0.15, 0.2) is 29.2 Å². The van der Waals surface area contributed by atoms with Gasteiger partial charge in [-0.1, -0.05) is 0 Å². The molecule has 1 atom stereocenters. The van der Waals surface area contributed by atoms with Gasteiger partial charge in [0, 0.05) is 18.0 Å². The Hall–Kier alpha value is -0.910. The first-order valence-electron chi connectivity index (χ1n) is 6.41. The maximum Gasteiger partial charge on any atom is 0.307 e. The average molecular weight is 318 g/mol. The van der Waals surface area contributed by atoms with Crippen molar-refractivity contribution in [3.8, 4) is 5.75 Å². The number of halogens is 1. The van der Waals surface area contributed by atoms with Gasteiger partial charge in [-0.15, -0.1) is 24.2 Å². The Bertz CT molecular complexity index is 427. The molecule has 0 aliphatic carbocycles. The summed E-state index contributed by atoms with van der Waals surface area (Å²) in [5.74, 6) is -0.0243. The molecule has 0 saturated carbocycles. The Morgan fingerprint density at radius 2 is 2.15 bits per heavy atom. The molecule has 0 bridgehead atoms. The van der Waals surface area contributed by atoms with Gasteiger partial charge in [0.1, 0.15) is 12.4 Å². The zero-order valence-corrected chi connectivity index (χ0v) is 13.1. The van der Waals surface area contributed by atoms with Crippen LogP contribution in [0.5, 0.6) is 5.75 Å². The van der Waals surface area contributed by atoms with E-state index in [-0.39, 0.29) is 18.3 Å². The number of carbonyl (C=O) groups is 1. The Morgan fingerprint density at radius 3 is 2.70 bits per heavy atom. The minimum atomic E-state index is -0.684. The third-order valence-electron chi connectivity index (χ3n) is 3.36. The van der Waals surface area contributed by atoms with Gasteiger partial charge >= 0.3 is 5.97 Å². The summed E-state index contributed by atoms with van der Waals surface area (Å²) in [4.78, 5) is 14.2. The molecule has 1 saturated heterocycles. The molecule has 2 rings (SSSR count). The molecule has 1 aromatic carbocycles. The molecule has 0 spiro atoms. The molecule has 1 aromatic rings. The quantitative estimate of drug-likeness (QED) is 0.817. The smallest absolute Gasteiger partial charge is 0.307 e. The second kappa shape index (κ2) is 8.39. The van der Waals surface area contributed by atoms with Gasteiger partial charge in [0.05, 0.1) is 5.92 Å². The highest BCUT2D eigenvalue weighted by atomic mass is 35.5. The highest BCUT2D eigenvalue weighted by Gasteiger charge is 2.27. The minimum absolute atomic E-state index is 0. The number of ether oxygens (including phenoxy) is 1. The van der Waals surface area contributed by atoms with Crippen LogP contribution in [0.1, 0.15) is 6.42 Å². The van der Waals surface area contributed by atoms with Gasteiger partial charge in [-0.25, -0.2) is 0 Å². The molecule has 1 unspecified atom stereocenters. The Balaban J connectivity index is 0.00000200. The SMILES string of the molecule is CSc1ccc(OCCN2CCC(C(=O)O)C2)cc1.Cl. The number of aliphatic carboxylic acids is 1. The van der Waals surface area contributed by atoms with E-state index in [1.54, 1.807) is 11.8 Å². The molecule has 1 fully saturated rings. The summed E-state index contributed by atoms with van der Waals surface area (Å²) < 4.78 is 5.66. The van der Waals surface area contributed by atoms with Gasteiger partial charge in [0.25, 0.3) is 0 Å². The molecule has 20 heavy (non-hydrogen) atoms. The van der Waals surface area contributed by atoms with Crippen LogP contribution in [0.25, 0.3) is 0 Å². The first-order chi connectivity index (χ1) is 9.19. The molecule has 4 nitrogen and oxygen atoms in total. The summed E-state index contributed by atoms with van der Waals surface area (Å²) in [5.41, 5.74) is 0. The van der Waals surface area contributed by atoms with Gasteiger partial charge < -0.3 is 9.84 Å². The number of benzene rings is 1. The predicted octanol–water partition coefficient (Wildman–Crippen LogP) is 2.62. The van der Waals surface area contributed by atoms with Crippen molar-refractivity contribution in [3.05, 3.63) is 24.3 Å². The van der Waals surface area contributed by atoms with E-state index in [2.05, 4.69) is 4.90 Å². The molecule has 6 heteroatoms. The van der Waals surface area contributed by atoms with E-state index in [0.29, 0.717) is 13.2 Å². The number of hydrogen-bond donors (Lipinski definition) is 1. The van der Waals surface area contributed by atoms with Crippen LogP contribution in [0, 0.1) is 5.92 Å². The number of likely N-dealkylation sites (tertiary alicyclic amines) is 1. The van der Waals surface area contributed by atoms with Crippen LogP contribution in [0.4, 0.5) is 0 Å². The second-order valence-corrected chi connectivity index (χ2v) is 5.53. The maximum absolute atomic E-state index is 10.8. The van der Waals surface area contributed by atoms with Crippen LogP contribution in [0.2, 0.25) is 0 Å². The zero-order chi connectivity index (χ0) is 13.7. The topological polar surface area (TPSA) is 49.8 Å². The van der Waals surface area contributed by atoms with E-state index < -0.39 is 5.97 Å². The molecular formula is C14H20ClNO3S. The number of thioether (sulfide) groups is 1. The summed E-state index contributed by atoms with van der Waals surface area (Å²) in [7, 11) is 0. The summed E-state index contributed by atoms with van der Waals surface area (Å²) in [5, 5.41) is 8.92. The van der Waals surface area contributed by atoms with Crippen molar-refractivity contribution in [1.29, 1.82) is 0 Å².